The van der Waals surface area contributed by atoms with E-state index in [-0.39, 0.29) is 22.8 Å². The Morgan fingerprint density at radius 1 is 1.22 bits per heavy atom. The summed E-state index contributed by atoms with van der Waals surface area (Å²) in [5, 5.41) is 32.9. The number of anilines is 2. The average Bonchev–Trinajstić information content (AvgIpc) is 3.48. The fourth-order valence-corrected chi connectivity index (χ4v) is 3.75. The molecule has 0 aliphatic heterocycles. The zero-order valence-corrected chi connectivity index (χ0v) is 20.7. The summed E-state index contributed by atoms with van der Waals surface area (Å²) >= 11 is 0. The third-order valence-electron chi connectivity index (χ3n) is 5.28. The summed E-state index contributed by atoms with van der Waals surface area (Å²) in [6.45, 7) is 2.12. The van der Waals surface area contributed by atoms with Crippen LogP contribution < -0.4 is 10.6 Å². The number of nitrogens with one attached hydrogen (secondary N) is 2. The molecule has 192 valence electrons. The summed E-state index contributed by atoms with van der Waals surface area (Å²) in [5.74, 6) is -0.437. The van der Waals surface area contributed by atoms with Crippen LogP contribution in [0.3, 0.4) is 0 Å². The van der Waals surface area contributed by atoms with Gasteiger partial charge in [0.2, 0.25) is 0 Å². The lowest BCUT2D eigenvalue weighted by atomic mass is 10.0. The minimum absolute atomic E-state index is 0.00925. The van der Waals surface area contributed by atoms with Gasteiger partial charge in [-0.1, -0.05) is 0 Å². The first-order chi connectivity index (χ1) is 17.4. The summed E-state index contributed by atoms with van der Waals surface area (Å²) in [7, 11) is -3.64. The first-order valence-corrected chi connectivity index (χ1v) is 12.6. The molecule has 4 aromatic heterocycles. The predicted octanol–water partition coefficient (Wildman–Crippen LogP) is 1.27. The Kier molecular flexibility index (Phi) is 6.63. The van der Waals surface area contributed by atoms with Crippen molar-refractivity contribution in [2.45, 2.75) is 25.6 Å². The van der Waals surface area contributed by atoms with E-state index in [2.05, 4.69) is 30.8 Å². The van der Waals surface area contributed by atoms with Gasteiger partial charge in [-0.3, -0.25) is 4.79 Å². The Labute approximate surface area is 210 Å². The number of pyridine rings is 2. The maximum Gasteiger partial charge on any atom is 0.255 e. The second kappa shape index (κ2) is 9.56. The molecule has 0 saturated carbocycles. The molecule has 4 aromatic rings. The van der Waals surface area contributed by atoms with E-state index in [0.717, 1.165) is 10.3 Å². The molecule has 1 unspecified atom stereocenters. The number of rotatable bonds is 8. The van der Waals surface area contributed by atoms with Crippen LogP contribution in [-0.4, -0.2) is 72.9 Å². The van der Waals surface area contributed by atoms with Crippen LogP contribution in [0.4, 0.5) is 15.8 Å². The van der Waals surface area contributed by atoms with E-state index in [1.54, 1.807) is 6.07 Å². The summed E-state index contributed by atoms with van der Waals surface area (Å²) in [6, 6.07) is 5.09. The summed E-state index contributed by atoms with van der Waals surface area (Å²) < 4.78 is 39.9. The number of hydrogen-bond acceptors (Lipinski definition) is 10. The fourth-order valence-electron chi connectivity index (χ4n) is 3.23. The Balaban J connectivity index is 1.73. The lowest BCUT2D eigenvalue weighted by Crippen LogP contribution is -2.42. The Morgan fingerprint density at radius 2 is 1.97 bits per heavy atom. The molecule has 0 bridgehead atoms. The number of aromatic nitrogens is 6. The van der Waals surface area contributed by atoms with Crippen LogP contribution in [0.25, 0.3) is 16.9 Å². The number of nitriles is 1. The highest BCUT2D eigenvalue weighted by molar-refractivity contribution is 7.89. The summed E-state index contributed by atoms with van der Waals surface area (Å²) in [6.07, 6.45) is 5.86. The second-order valence-corrected chi connectivity index (χ2v) is 10.6. The Morgan fingerprint density at radius 3 is 2.62 bits per heavy atom. The zero-order valence-electron chi connectivity index (χ0n) is 19.9. The molecule has 37 heavy (non-hydrogen) atoms. The SMILES string of the molecule is CC(C)(O)C(F)CNC(=O)c1cnc(-n2ncc3cc(C#N)cnc32)cc1Nc1cnn(S(C)(=O)=O)c1. The van der Waals surface area contributed by atoms with Crippen LogP contribution in [0.1, 0.15) is 29.8 Å². The van der Waals surface area contributed by atoms with Gasteiger partial charge in [-0.25, -0.2) is 22.8 Å². The van der Waals surface area contributed by atoms with Gasteiger partial charge in [0.25, 0.3) is 15.9 Å². The van der Waals surface area contributed by atoms with E-state index in [1.807, 2.05) is 6.07 Å². The van der Waals surface area contributed by atoms with Gasteiger partial charge in [-0.2, -0.15) is 24.2 Å². The molecule has 1 atom stereocenters. The quantitative estimate of drug-likeness (QED) is 0.302. The van der Waals surface area contributed by atoms with Crippen LogP contribution in [0.15, 0.2) is 43.1 Å². The molecule has 0 aromatic carbocycles. The predicted molar refractivity (Wildman–Crippen MR) is 131 cm³/mol. The van der Waals surface area contributed by atoms with Gasteiger partial charge in [0, 0.05) is 23.8 Å². The summed E-state index contributed by atoms with van der Waals surface area (Å²) in [4.78, 5) is 21.5. The van der Waals surface area contributed by atoms with Gasteiger partial charge in [0.1, 0.15) is 12.2 Å². The number of hydrogen-bond donors (Lipinski definition) is 3. The maximum absolute atomic E-state index is 14.2. The van der Waals surface area contributed by atoms with Gasteiger partial charge in [0.15, 0.2) is 11.5 Å². The number of alkyl halides is 1. The van der Waals surface area contributed by atoms with Gasteiger partial charge >= 0.3 is 0 Å². The smallest absolute Gasteiger partial charge is 0.255 e. The molecule has 0 saturated heterocycles. The highest BCUT2D eigenvalue weighted by Gasteiger charge is 2.27. The molecule has 1 amide bonds. The van der Waals surface area contributed by atoms with Crippen molar-refractivity contribution in [1.82, 2.24) is 34.3 Å². The van der Waals surface area contributed by atoms with Crippen LogP contribution in [0.5, 0.6) is 0 Å². The highest BCUT2D eigenvalue weighted by Crippen LogP contribution is 2.25. The van der Waals surface area contributed by atoms with Gasteiger partial charge in [0.05, 0.1) is 59.5 Å². The van der Waals surface area contributed by atoms with Gasteiger partial charge in [-0.15, -0.1) is 0 Å². The molecule has 3 N–H and O–H groups in total. The summed E-state index contributed by atoms with van der Waals surface area (Å²) in [5.41, 5.74) is -0.449. The van der Waals surface area contributed by atoms with Crippen LogP contribution in [0.2, 0.25) is 0 Å². The van der Waals surface area contributed by atoms with Crippen LogP contribution >= 0.6 is 0 Å². The fraction of sp³-hybridized carbons (Fsp3) is 0.273. The van der Waals surface area contributed by atoms with Crippen molar-refractivity contribution in [1.29, 1.82) is 5.26 Å². The average molecular weight is 528 g/mol. The molecule has 4 rings (SSSR count). The first-order valence-electron chi connectivity index (χ1n) is 10.8. The third kappa shape index (κ3) is 5.55. The second-order valence-electron chi connectivity index (χ2n) is 8.71. The standard InChI is InChI=1S/C22H22FN9O4S/c1-22(2,34)18(23)11-27-21(33)16-10-25-19(32-20-14(8-29-32)4-13(6-24)7-26-20)5-17(16)30-15-9-28-31(12-15)37(3,35)36/h4-5,7-10,12,18,34H,11H2,1-3H3,(H,25,30)(H,27,33). The van der Waals surface area contributed by atoms with Crippen molar-refractivity contribution >= 4 is 38.3 Å². The monoisotopic (exact) mass is 527 g/mol. The van der Waals surface area contributed by atoms with E-state index in [1.165, 1.54) is 55.6 Å². The number of halogens is 1. The molecule has 0 aliphatic carbocycles. The molecule has 0 spiro atoms. The van der Waals surface area contributed by atoms with Crippen LogP contribution in [0, 0.1) is 11.3 Å². The molecule has 0 radical (unpaired) electrons. The lowest BCUT2D eigenvalue weighted by Gasteiger charge is -2.22. The number of amides is 1. The lowest BCUT2D eigenvalue weighted by molar-refractivity contribution is -0.00177. The molecule has 15 heteroatoms. The molecular formula is C22H22FN9O4S. The number of aliphatic hydroxyl groups is 1. The van der Waals surface area contributed by atoms with Gasteiger partial charge < -0.3 is 15.7 Å². The number of carbonyl (C=O) groups is 1. The zero-order chi connectivity index (χ0) is 27.0. The van der Waals surface area contributed by atoms with Crippen molar-refractivity contribution in [2.75, 3.05) is 18.1 Å². The van der Waals surface area contributed by atoms with E-state index >= 15 is 0 Å². The Hall–Kier alpha value is -4.42. The van der Waals surface area contributed by atoms with Crippen molar-refractivity contribution in [2.24, 2.45) is 0 Å². The van der Waals surface area contributed by atoms with E-state index in [9.17, 15) is 22.7 Å². The molecule has 4 heterocycles. The molecule has 0 aliphatic rings. The Bertz CT molecular complexity index is 1630. The van der Waals surface area contributed by atoms with E-state index in [0.29, 0.717) is 16.6 Å². The number of carbonyl (C=O) groups excluding carboxylic acids is 1. The minimum atomic E-state index is -3.64. The maximum atomic E-state index is 14.2. The van der Waals surface area contributed by atoms with Crippen molar-refractivity contribution in [3.63, 3.8) is 0 Å². The third-order valence-corrected chi connectivity index (χ3v) is 6.15. The van der Waals surface area contributed by atoms with E-state index in [4.69, 9.17) is 5.26 Å². The molecular weight excluding hydrogens is 505 g/mol. The van der Waals surface area contributed by atoms with Crippen molar-refractivity contribution in [3.05, 3.63) is 54.2 Å². The number of nitrogens with zero attached hydrogens (tertiary/aromatic N) is 7. The van der Waals surface area contributed by atoms with Crippen molar-refractivity contribution in [3.8, 4) is 11.9 Å². The number of fused-ring (bicyclic) bond motifs is 1. The van der Waals surface area contributed by atoms with Crippen LogP contribution in [-0.2, 0) is 10.0 Å². The van der Waals surface area contributed by atoms with Crippen molar-refractivity contribution < 1.29 is 22.7 Å². The highest BCUT2D eigenvalue weighted by atomic mass is 32.2. The van der Waals surface area contributed by atoms with E-state index < -0.39 is 34.2 Å². The minimum Gasteiger partial charge on any atom is -0.387 e. The largest absolute Gasteiger partial charge is 0.387 e. The first kappa shape index (κ1) is 25.7. The van der Waals surface area contributed by atoms with Gasteiger partial charge in [-0.05, 0) is 19.9 Å². The molecule has 13 nitrogen and oxygen atoms in total. The molecule has 0 fully saturated rings. The topological polar surface area (TPSA) is 181 Å². The normalized spacial score (nSPS) is 12.8.